The lowest BCUT2D eigenvalue weighted by Gasteiger charge is -2.22. The summed E-state index contributed by atoms with van der Waals surface area (Å²) in [6, 6.07) is 5.91. The van der Waals surface area contributed by atoms with Gasteiger partial charge >= 0.3 is 10.3 Å². The summed E-state index contributed by atoms with van der Waals surface area (Å²) >= 11 is 0. The molecule has 0 aliphatic carbocycles. The van der Waals surface area contributed by atoms with Crippen molar-refractivity contribution in [2.24, 2.45) is 0 Å². The maximum absolute atomic E-state index is 13.1. The Morgan fingerprint density at radius 1 is 1.17 bits per heavy atom. The van der Waals surface area contributed by atoms with E-state index in [4.69, 9.17) is 4.74 Å². The molecule has 0 spiro atoms. The van der Waals surface area contributed by atoms with Gasteiger partial charge < -0.3 is 14.9 Å². The number of rotatable bonds is 5. The Kier molecular flexibility index (Phi) is 5.25. The minimum atomic E-state index is -4.66. The summed E-state index contributed by atoms with van der Waals surface area (Å²) in [6.07, 6.45) is -2.91. The van der Waals surface area contributed by atoms with Crippen LogP contribution in [0.1, 0.15) is 17.5 Å². The second-order valence-electron chi connectivity index (χ2n) is 6.84. The van der Waals surface area contributed by atoms with Gasteiger partial charge in [-0.05, 0) is 17.7 Å². The van der Waals surface area contributed by atoms with Crippen molar-refractivity contribution in [3.05, 3.63) is 54.0 Å². The SMILES string of the molecule is CN([C@@H]1O[C@@H](n2cnc3c(Cc4ccc(F)cc4)ncnc32)[C@H](O)[C@@H]1O)S(=O)(=O)O. The quantitative estimate of drug-likeness (QED) is 0.462. The number of fused-ring (bicyclic) bond motifs is 1. The van der Waals surface area contributed by atoms with Gasteiger partial charge in [-0.3, -0.25) is 9.12 Å². The molecule has 1 aliphatic rings. The van der Waals surface area contributed by atoms with Crippen LogP contribution in [0, 0.1) is 5.82 Å². The minimum absolute atomic E-state index is 0.286. The van der Waals surface area contributed by atoms with Crippen LogP contribution in [0.25, 0.3) is 11.2 Å². The first-order valence-electron chi connectivity index (χ1n) is 8.79. The predicted molar refractivity (Wildman–Crippen MR) is 99.8 cm³/mol. The lowest BCUT2D eigenvalue weighted by molar-refractivity contribution is -0.0723. The van der Waals surface area contributed by atoms with Gasteiger partial charge in [0.15, 0.2) is 18.1 Å². The molecule has 0 radical (unpaired) electrons. The largest absolute Gasteiger partial charge is 0.386 e. The second-order valence-corrected chi connectivity index (χ2v) is 8.31. The summed E-state index contributed by atoms with van der Waals surface area (Å²) in [5.41, 5.74) is 2.03. The Hall–Kier alpha value is -2.55. The van der Waals surface area contributed by atoms with Crippen molar-refractivity contribution in [1.29, 1.82) is 0 Å². The third kappa shape index (κ3) is 3.66. The molecule has 0 amide bonds. The number of likely N-dealkylation sites (N-methyl/N-ethyl adjacent to an activating group) is 1. The van der Waals surface area contributed by atoms with Crippen LogP contribution in [0.5, 0.6) is 0 Å². The van der Waals surface area contributed by atoms with Crippen molar-refractivity contribution in [3.63, 3.8) is 0 Å². The molecule has 1 fully saturated rings. The zero-order valence-electron chi connectivity index (χ0n) is 15.6. The molecule has 30 heavy (non-hydrogen) atoms. The van der Waals surface area contributed by atoms with Gasteiger partial charge in [-0.25, -0.2) is 19.3 Å². The Balaban J connectivity index is 1.66. The first-order valence-corrected chi connectivity index (χ1v) is 10.2. The summed E-state index contributed by atoms with van der Waals surface area (Å²) in [5.74, 6) is -0.355. The van der Waals surface area contributed by atoms with Gasteiger partial charge in [0.1, 0.15) is 29.9 Å². The molecule has 0 saturated carbocycles. The first-order chi connectivity index (χ1) is 14.2. The number of hydrogen-bond donors (Lipinski definition) is 3. The van der Waals surface area contributed by atoms with E-state index in [0.29, 0.717) is 21.9 Å². The van der Waals surface area contributed by atoms with Crippen molar-refractivity contribution in [2.75, 3.05) is 7.05 Å². The topological polar surface area (TPSA) is 151 Å². The highest BCUT2D eigenvalue weighted by Crippen LogP contribution is 2.33. The number of aromatic nitrogens is 4. The van der Waals surface area contributed by atoms with E-state index in [2.05, 4.69) is 15.0 Å². The van der Waals surface area contributed by atoms with Crippen LogP contribution in [-0.2, 0) is 21.5 Å². The third-order valence-electron chi connectivity index (χ3n) is 4.93. The number of hydrogen-bond acceptors (Lipinski definition) is 8. The van der Waals surface area contributed by atoms with E-state index >= 15 is 0 Å². The zero-order valence-corrected chi connectivity index (χ0v) is 16.4. The van der Waals surface area contributed by atoms with Crippen molar-refractivity contribution < 1.29 is 32.3 Å². The van der Waals surface area contributed by atoms with Gasteiger partial charge in [0.05, 0.1) is 12.0 Å². The molecule has 1 saturated heterocycles. The average Bonchev–Trinajstić information content (AvgIpc) is 3.25. The third-order valence-corrected chi connectivity index (χ3v) is 5.86. The molecule has 4 rings (SSSR count). The van der Waals surface area contributed by atoms with Crippen LogP contribution in [-0.4, -0.2) is 72.5 Å². The molecule has 3 heterocycles. The van der Waals surface area contributed by atoms with Crippen LogP contribution in [0.3, 0.4) is 0 Å². The van der Waals surface area contributed by atoms with E-state index in [9.17, 15) is 27.6 Å². The molecule has 4 atom stereocenters. The summed E-state index contributed by atoms with van der Waals surface area (Å²) < 4.78 is 52.3. The monoisotopic (exact) mass is 439 g/mol. The molecule has 0 unspecified atom stereocenters. The van der Waals surface area contributed by atoms with Crippen molar-refractivity contribution in [2.45, 2.75) is 31.1 Å². The van der Waals surface area contributed by atoms with Gasteiger partial charge in [0.2, 0.25) is 0 Å². The number of benzene rings is 1. The van der Waals surface area contributed by atoms with Crippen molar-refractivity contribution in [1.82, 2.24) is 23.8 Å². The summed E-state index contributed by atoms with van der Waals surface area (Å²) in [6.45, 7) is 0. The summed E-state index contributed by atoms with van der Waals surface area (Å²) in [7, 11) is -3.65. The predicted octanol–water partition coefficient (Wildman–Crippen LogP) is -0.133. The molecule has 160 valence electrons. The molecule has 1 aromatic carbocycles. The van der Waals surface area contributed by atoms with Crippen molar-refractivity contribution >= 4 is 21.5 Å². The smallest absolute Gasteiger partial charge is 0.337 e. The molecule has 3 aromatic rings. The van der Waals surface area contributed by atoms with Gasteiger partial charge in [-0.1, -0.05) is 12.1 Å². The van der Waals surface area contributed by atoms with E-state index in [1.54, 1.807) is 12.1 Å². The van der Waals surface area contributed by atoms with E-state index in [1.165, 1.54) is 29.4 Å². The Morgan fingerprint density at radius 2 is 1.87 bits per heavy atom. The first kappa shape index (κ1) is 20.7. The highest BCUT2D eigenvalue weighted by Gasteiger charge is 2.48. The lowest BCUT2D eigenvalue weighted by Crippen LogP contribution is -2.44. The normalized spacial score (nSPS) is 24.7. The fourth-order valence-corrected chi connectivity index (χ4v) is 3.75. The van der Waals surface area contributed by atoms with Gasteiger partial charge in [-0.15, -0.1) is 0 Å². The number of aliphatic hydroxyl groups is 2. The highest BCUT2D eigenvalue weighted by molar-refractivity contribution is 7.83. The minimum Gasteiger partial charge on any atom is -0.386 e. The number of halogens is 1. The van der Waals surface area contributed by atoms with Crippen LogP contribution >= 0.6 is 0 Å². The summed E-state index contributed by atoms with van der Waals surface area (Å²) in [4.78, 5) is 12.6. The van der Waals surface area contributed by atoms with Crippen molar-refractivity contribution in [3.8, 4) is 0 Å². The molecule has 2 aromatic heterocycles. The van der Waals surface area contributed by atoms with Gasteiger partial charge in [0, 0.05) is 13.5 Å². The Labute approximate surface area is 170 Å². The molecular formula is C17H18FN5O6S. The van der Waals surface area contributed by atoms with E-state index < -0.39 is 35.0 Å². The lowest BCUT2D eigenvalue weighted by atomic mass is 10.1. The standard InChI is InChI=1S/C17H18FN5O6S/c1-22(30(26,27)28)16-13(24)14(25)17(29-16)23-8-21-12-11(19-7-20-15(12)23)6-9-2-4-10(18)5-3-9/h2-5,7-8,13-14,16-17,24-25H,6H2,1H3,(H,26,27,28)/t13-,14+,16+,17+/m0/s1. The molecule has 11 nitrogen and oxygen atoms in total. The maximum Gasteiger partial charge on any atom is 0.337 e. The zero-order chi connectivity index (χ0) is 21.6. The average molecular weight is 439 g/mol. The number of ether oxygens (including phenoxy) is 1. The number of imidazole rings is 1. The van der Waals surface area contributed by atoms with Gasteiger partial charge in [0.25, 0.3) is 0 Å². The molecule has 0 bridgehead atoms. The number of aliphatic hydroxyl groups excluding tert-OH is 2. The molecule has 13 heteroatoms. The van der Waals surface area contributed by atoms with E-state index in [-0.39, 0.29) is 11.5 Å². The van der Waals surface area contributed by atoms with Crippen LogP contribution in [0.4, 0.5) is 4.39 Å². The number of nitrogens with zero attached hydrogens (tertiary/aromatic N) is 5. The molecule has 1 aliphatic heterocycles. The fraction of sp³-hybridized carbons (Fsp3) is 0.353. The van der Waals surface area contributed by atoms with E-state index in [1.807, 2.05) is 0 Å². The van der Waals surface area contributed by atoms with Crippen LogP contribution in [0.15, 0.2) is 36.9 Å². The highest BCUT2D eigenvalue weighted by atomic mass is 32.2. The summed E-state index contributed by atoms with van der Waals surface area (Å²) in [5, 5.41) is 20.6. The Morgan fingerprint density at radius 3 is 2.53 bits per heavy atom. The molecule has 3 N–H and O–H groups in total. The van der Waals surface area contributed by atoms with Crippen LogP contribution in [0.2, 0.25) is 0 Å². The maximum atomic E-state index is 13.1. The Bertz CT molecular complexity index is 1170. The second kappa shape index (κ2) is 7.61. The van der Waals surface area contributed by atoms with E-state index in [0.717, 1.165) is 12.6 Å². The fourth-order valence-electron chi connectivity index (χ4n) is 3.32. The van der Waals surface area contributed by atoms with Gasteiger partial charge in [-0.2, -0.15) is 12.7 Å². The van der Waals surface area contributed by atoms with Crippen LogP contribution < -0.4 is 0 Å². The molecular weight excluding hydrogens is 421 g/mol.